The van der Waals surface area contributed by atoms with Crippen LogP contribution in [0.3, 0.4) is 0 Å². The molecular weight excluding hydrogens is 244 g/mol. The van der Waals surface area contributed by atoms with Gasteiger partial charge >= 0.3 is 12.0 Å². The first-order valence-corrected chi connectivity index (χ1v) is 6.89. The van der Waals surface area contributed by atoms with Crippen LogP contribution in [0.15, 0.2) is 0 Å². The number of nitrogens with one attached hydrogen (secondary N) is 2. The lowest BCUT2D eigenvalue weighted by atomic mass is 10.2. The van der Waals surface area contributed by atoms with Crippen molar-refractivity contribution in [1.29, 1.82) is 0 Å². The summed E-state index contributed by atoms with van der Waals surface area (Å²) in [5.41, 5.74) is 0. The van der Waals surface area contributed by atoms with Gasteiger partial charge in [-0.05, 0) is 24.9 Å². The lowest BCUT2D eigenvalue weighted by Gasteiger charge is -2.16. The molecule has 0 aromatic carbocycles. The topological polar surface area (TPSA) is 87.7 Å². The zero-order chi connectivity index (χ0) is 12.7. The number of carboxylic acids is 1. The van der Waals surface area contributed by atoms with Gasteiger partial charge in [0.1, 0.15) is 6.04 Å². The highest BCUT2D eigenvalue weighted by Gasteiger charge is 2.22. The quantitative estimate of drug-likeness (QED) is 0.640. The van der Waals surface area contributed by atoms with E-state index in [0.717, 1.165) is 6.42 Å². The van der Waals surface area contributed by atoms with Crippen LogP contribution in [0.1, 0.15) is 12.8 Å². The molecule has 0 aromatic heterocycles. The summed E-state index contributed by atoms with van der Waals surface area (Å²) in [6.07, 6.45) is 3.09. The predicted molar refractivity (Wildman–Crippen MR) is 65.3 cm³/mol. The van der Waals surface area contributed by atoms with Gasteiger partial charge in [0.2, 0.25) is 0 Å². The lowest BCUT2D eigenvalue weighted by molar-refractivity contribution is -0.139. The van der Waals surface area contributed by atoms with E-state index in [1.807, 2.05) is 6.26 Å². The Balaban J connectivity index is 2.32. The van der Waals surface area contributed by atoms with Gasteiger partial charge in [-0.1, -0.05) is 0 Å². The Morgan fingerprint density at radius 2 is 2.35 bits per heavy atom. The Morgan fingerprint density at radius 3 is 2.88 bits per heavy atom. The Morgan fingerprint density at radius 1 is 1.59 bits per heavy atom. The average Bonchev–Trinajstić information content (AvgIpc) is 2.76. The van der Waals surface area contributed by atoms with E-state index in [0.29, 0.717) is 25.4 Å². The molecule has 7 heteroatoms. The van der Waals surface area contributed by atoms with Crippen LogP contribution >= 0.6 is 11.8 Å². The maximum Gasteiger partial charge on any atom is 0.326 e. The molecule has 2 atom stereocenters. The van der Waals surface area contributed by atoms with Crippen molar-refractivity contribution in [3.8, 4) is 0 Å². The van der Waals surface area contributed by atoms with Gasteiger partial charge in [-0.15, -0.1) is 0 Å². The Hall–Kier alpha value is -0.950. The lowest BCUT2D eigenvalue weighted by Crippen LogP contribution is -2.49. The molecule has 0 aromatic rings. The molecule has 0 bridgehead atoms. The Labute approximate surface area is 104 Å². The highest BCUT2D eigenvalue weighted by Crippen LogP contribution is 2.04. The number of hydrogen-bond donors (Lipinski definition) is 3. The summed E-state index contributed by atoms with van der Waals surface area (Å²) in [4.78, 5) is 22.4. The number of thioether (sulfide) groups is 1. The van der Waals surface area contributed by atoms with Gasteiger partial charge in [-0.3, -0.25) is 0 Å². The second-order valence-electron chi connectivity index (χ2n) is 3.85. The van der Waals surface area contributed by atoms with Crippen molar-refractivity contribution in [3.63, 3.8) is 0 Å². The summed E-state index contributed by atoms with van der Waals surface area (Å²) in [5.74, 6) is -0.305. The van der Waals surface area contributed by atoms with E-state index in [1.165, 1.54) is 0 Å². The number of amides is 2. The molecule has 17 heavy (non-hydrogen) atoms. The van der Waals surface area contributed by atoms with E-state index in [9.17, 15) is 9.59 Å². The molecule has 3 N–H and O–H groups in total. The van der Waals surface area contributed by atoms with E-state index in [4.69, 9.17) is 9.84 Å². The number of ether oxygens (including phenoxy) is 1. The molecule has 1 saturated heterocycles. The first kappa shape index (κ1) is 14.1. The zero-order valence-electron chi connectivity index (χ0n) is 9.77. The first-order chi connectivity index (χ1) is 8.13. The summed E-state index contributed by atoms with van der Waals surface area (Å²) in [6, 6.07) is -1.27. The highest BCUT2D eigenvalue weighted by atomic mass is 32.2. The smallest absolute Gasteiger partial charge is 0.326 e. The van der Waals surface area contributed by atoms with Crippen molar-refractivity contribution in [2.75, 3.05) is 25.2 Å². The predicted octanol–water partition coefficient (Wildman–Crippen LogP) is 0.281. The third kappa shape index (κ3) is 5.27. The third-order valence-corrected chi connectivity index (χ3v) is 3.12. The summed E-state index contributed by atoms with van der Waals surface area (Å²) in [7, 11) is 0. The van der Waals surface area contributed by atoms with Crippen molar-refractivity contribution >= 4 is 23.8 Å². The minimum atomic E-state index is -1.00. The molecule has 0 saturated carbocycles. The second-order valence-corrected chi connectivity index (χ2v) is 4.84. The summed E-state index contributed by atoms with van der Waals surface area (Å²) < 4.78 is 5.11. The Kier molecular flexibility index (Phi) is 6.13. The molecule has 1 rings (SSSR count). The largest absolute Gasteiger partial charge is 0.480 e. The fourth-order valence-corrected chi connectivity index (χ4v) is 2.00. The normalized spacial score (nSPS) is 20.9. The van der Waals surface area contributed by atoms with Crippen LogP contribution in [0, 0.1) is 0 Å². The summed E-state index contributed by atoms with van der Waals surface area (Å²) >= 11 is 1.55. The van der Waals surface area contributed by atoms with E-state index in [2.05, 4.69) is 10.6 Å². The zero-order valence-corrected chi connectivity index (χ0v) is 10.6. The van der Waals surface area contributed by atoms with E-state index >= 15 is 0 Å². The van der Waals surface area contributed by atoms with E-state index in [-0.39, 0.29) is 6.04 Å². The SMILES string of the molecule is CSCC[C@H](NC(=O)NC1CCOC1)C(=O)O. The fraction of sp³-hybridized carbons (Fsp3) is 0.800. The van der Waals surface area contributed by atoms with Crippen LogP contribution in [-0.2, 0) is 9.53 Å². The van der Waals surface area contributed by atoms with E-state index < -0.39 is 18.0 Å². The maximum atomic E-state index is 11.5. The van der Waals surface area contributed by atoms with Crippen LogP contribution in [0.5, 0.6) is 0 Å². The number of rotatable bonds is 6. The first-order valence-electron chi connectivity index (χ1n) is 5.50. The van der Waals surface area contributed by atoms with Crippen LogP contribution in [0.25, 0.3) is 0 Å². The molecular formula is C10H18N2O4S. The maximum absolute atomic E-state index is 11.5. The number of hydrogen-bond acceptors (Lipinski definition) is 4. The number of aliphatic carboxylic acids is 1. The molecule has 98 valence electrons. The van der Waals surface area contributed by atoms with Gasteiger partial charge in [-0.25, -0.2) is 9.59 Å². The van der Waals surface area contributed by atoms with Gasteiger partial charge < -0.3 is 20.5 Å². The standard InChI is InChI=1S/C10H18N2O4S/c1-17-5-3-8(9(13)14)12-10(15)11-7-2-4-16-6-7/h7-8H,2-6H2,1H3,(H,13,14)(H2,11,12,15)/t7?,8-/m0/s1. The minimum absolute atomic E-state index is 0.00926. The van der Waals surface area contributed by atoms with Gasteiger partial charge in [0.15, 0.2) is 0 Å². The van der Waals surface area contributed by atoms with Crippen molar-refractivity contribution in [1.82, 2.24) is 10.6 Å². The van der Waals surface area contributed by atoms with Crippen LogP contribution in [-0.4, -0.2) is 54.4 Å². The Bertz CT molecular complexity index is 269. The summed E-state index contributed by atoms with van der Waals surface area (Å²) in [5, 5.41) is 14.1. The monoisotopic (exact) mass is 262 g/mol. The van der Waals surface area contributed by atoms with E-state index in [1.54, 1.807) is 11.8 Å². The van der Waals surface area contributed by atoms with Crippen molar-refractivity contribution < 1.29 is 19.4 Å². The van der Waals surface area contributed by atoms with Crippen LogP contribution in [0.4, 0.5) is 4.79 Å². The molecule has 1 aliphatic rings. The molecule has 0 spiro atoms. The third-order valence-electron chi connectivity index (χ3n) is 2.48. The highest BCUT2D eigenvalue weighted by molar-refractivity contribution is 7.98. The molecule has 1 heterocycles. The molecule has 1 unspecified atom stereocenters. The molecule has 1 fully saturated rings. The van der Waals surface area contributed by atoms with Crippen LogP contribution in [0.2, 0.25) is 0 Å². The average molecular weight is 262 g/mol. The minimum Gasteiger partial charge on any atom is -0.480 e. The fourth-order valence-electron chi connectivity index (χ4n) is 1.53. The molecule has 6 nitrogen and oxygen atoms in total. The second kappa shape index (κ2) is 7.39. The molecule has 1 aliphatic heterocycles. The van der Waals surface area contributed by atoms with Crippen molar-refractivity contribution in [2.24, 2.45) is 0 Å². The number of carboxylic acid groups (broad SMARTS) is 1. The van der Waals surface area contributed by atoms with Gasteiger partial charge in [0, 0.05) is 6.61 Å². The number of urea groups is 1. The van der Waals surface area contributed by atoms with Gasteiger partial charge in [0.25, 0.3) is 0 Å². The number of carbonyl (C=O) groups is 2. The number of carbonyl (C=O) groups excluding carboxylic acids is 1. The van der Waals surface area contributed by atoms with Gasteiger partial charge in [-0.2, -0.15) is 11.8 Å². The summed E-state index contributed by atoms with van der Waals surface area (Å²) in [6.45, 7) is 1.13. The van der Waals surface area contributed by atoms with Gasteiger partial charge in [0.05, 0.1) is 12.6 Å². The molecule has 0 aliphatic carbocycles. The molecule has 2 amide bonds. The molecule has 0 radical (unpaired) electrons. The van der Waals surface area contributed by atoms with Crippen LogP contribution < -0.4 is 10.6 Å². The van der Waals surface area contributed by atoms with Crippen molar-refractivity contribution in [3.05, 3.63) is 0 Å². The van der Waals surface area contributed by atoms with Crippen molar-refractivity contribution in [2.45, 2.75) is 24.9 Å².